The van der Waals surface area contributed by atoms with Gasteiger partial charge < -0.3 is 9.47 Å². The van der Waals surface area contributed by atoms with Gasteiger partial charge in [0.05, 0.1) is 18.3 Å². The molecule has 0 aromatic rings. The number of epoxide rings is 1. The maximum Gasteiger partial charge on any atom is 0.0974 e. The maximum absolute atomic E-state index is 5.50. The van der Waals surface area contributed by atoms with Crippen LogP contribution in [0.25, 0.3) is 0 Å². The minimum Gasteiger partial charge on any atom is -0.381 e. The van der Waals surface area contributed by atoms with Crippen LogP contribution in [-0.2, 0) is 9.47 Å². The number of ether oxygens (including phenoxy) is 2. The van der Waals surface area contributed by atoms with Gasteiger partial charge in [0.25, 0.3) is 0 Å². The molecule has 3 fully saturated rings. The van der Waals surface area contributed by atoms with Gasteiger partial charge in [0.2, 0.25) is 0 Å². The Balaban J connectivity index is 1.81. The van der Waals surface area contributed by atoms with Crippen LogP contribution in [0.3, 0.4) is 0 Å². The van der Waals surface area contributed by atoms with E-state index in [0.717, 1.165) is 18.4 Å². The first-order chi connectivity index (χ1) is 5.36. The van der Waals surface area contributed by atoms with Crippen LogP contribution in [0.15, 0.2) is 0 Å². The molecule has 1 aliphatic heterocycles. The Bertz CT molecular complexity index is 186. The molecule has 62 valence electrons. The van der Waals surface area contributed by atoms with E-state index in [-0.39, 0.29) is 0 Å². The fraction of sp³-hybridized carbons (Fsp3) is 1.00. The lowest BCUT2D eigenvalue weighted by molar-refractivity contribution is -0.0374. The average molecular weight is 154 g/mol. The molecule has 1 heterocycles. The number of hydrogen-bond donors (Lipinski definition) is 0. The molecular formula is C9H14O2. The first-order valence-corrected chi connectivity index (χ1v) is 4.52. The van der Waals surface area contributed by atoms with Gasteiger partial charge in [-0.05, 0) is 25.2 Å². The van der Waals surface area contributed by atoms with E-state index >= 15 is 0 Å². The predicted molar refractivity (Wildman–Crippen MR) is 40.3 cm³/mol. The second kappa shape index (κ2) is 1.80. The Hall–Kier alpha value is -0.0800. The highest BCUT2D eigenvalue weighted by Crippen LogP contribution is 2.62. The number of rotatable bonds is 1. The quantitative estimate of drug-likeness (QED) is 0.529. The first-order valence-electron chi connectivity index (χ1n) is 4.52. The fourth-order valence-electron chi connectivity index (χ4n) is 3.13. The highest BCUT2D eigenvalue weighted by atomic mass is 16.6. The van der Waals surface area contributed by atoms with Crippen LogP contribution in [0.4, 0.5) is 0 Å². The van der Waals surface area contributed by atoms with E-state index in [9.17, 15) is 0 Å². The monoisotopic (exact) mass is 154 g/mol. The van der Waals surface area contributed by atoms with Crippen molar-refractivity contribution in [2.45, 2.75) is 31.0 Å². The van der Waals surface area contributed by atoms with E-state index in [1.807, 2.05) is 7.11 Å². The van der Waals surface area contributed by atoms with Gasteiger partial charge in [-0.3, -0.25) is 0 Å². The number of fused-ring (bicyclic) bond motifs is 2. The molecule has 2 aliphatic carbocycles. The zero-order chi connectivity index (χ0) is 7.47. The summed E-state index contributed by atoms with van der Waals surface area (Å²) in [5.74, 6) is 1.69. The molecule has 0 amide bonds. The Morgan fingerprint density at radius 1 is 1.45 bits per heavy atom. The molecule has 0 bridgehead atoms. The van der Waals surface area contributed by atoms with Crippen LogP contribution < -0.4 is 0 Å². The summed E-state index contributed by atoms with van der Waals surface area (Å²) >= 11 is 0. The van der Waals surface area contributed by atoms with Crippen molar-refractivity contribution in [2.75, 3.05) is 13.7 Å². The molecule has 0 N–H and O–H groups in total. The third-order valence-electron chi connectivity index (χ3n) is 3.76. The molecule has 0 aromatic heterocycles. The lowest BCUT2D eigenvalue weighted by Crippen LogP contribution is -2.46. The SMILES string of the molecule is COC1CCC2CC3(CO3)C21. The second-order valence-corrected chi connectivity index (χ2v) is 4.19. The molecule has 2 saturated carbocycles. The summed E-state index contributed by atoms with van der Waals surface area (Å²) in [6.45, 7) is 1.01. The van der Waals surface area contributed by atoms with Crippen molar-refractivity contribution in [3.63, 3.8) is 0 Å². The molecule has 4 unspecified atom stereocenters. The van der Waals surface area contributed by atoms with Crippen LogP contribution >= 0.6 is 0 Å². The molecule has 3 rings (SSSR count). The zero-order valence-electron chi connectivity index (χ0n) is 6.88. The van der Waals surface area contributed by atoms with E-state index in [4.69, 9.17) is 9.47 Å². The molecule has 1 saturated heterocycles. The molecule has 4 atom stereocenters. The molecule has 2 heteroatoms. The van der Waals surface area contributed by atoms with Crippen molar-refractivity contribution in [3.05, 3.63) is 0 Å². The molecule has 0 radical (unpaired) electrons. The van der Waals surface area contributed by atoms with Crippen LogP contribution in [0.2, 0.25) is 0 Å². The summed E-state index contributed by atoms with van der Waals surface area (Å²) in [4.78, 5) is 0. The van der Waals surface area contributed by atoms with Crippen molar-refractivity contribution >= 4 is 0 Å². The smallest absolute Gasteiger partial charge is 0.0974 e. The number of hydrogen-bond acceptors (Lipinski definition) is 2. The Morgan fingerprint density at radius 3 is 2.91 bits per heavy atom. The summed E-state index contributed by atoms with van der Waals surface area (Å²) in [5, 5.41) is 0. The summed E-state index contributed by atoms with van der Waals surface area (Å²) in [6.07, 6.45) is 4.46. The van der Waals surface area contributed by atoms with Crippen molar-refractivity contribution in [1.29, 1.82) is 0 Å². The zero-order valence-corrected chi connectivity index (χ0v) is 6.88. The van der Waals surface area contributed by atoms with E-state index < -0.39 is 0 Å². The normalized spacial score (nSPS) is 59.2. The summed E-state index contributed by atoms with van der Waals surface area (Å²) in [6, 6.07) is 0. The van der Waals surface area contributed by atoms with Gasteiger partial charge in [-0.15, -0.1) is 0 Å². The second-order valence-electron chi connectivity index (χ2n) is 4.19. The highest BCUT2D eigenvalue weighted by Gasteiger charge is 2.67. The van der Waals surface area contributed by atoms with E-state index in [0.29, 0.717) is 11.7 Å². The molecule has 1 spiro atoms. The molecule has 0 aromatic carbocycles. The van der Waals surface area contributed by atoms with Crippen molar-refractivity contribution in [1.82, 2.24) is 0 Å². The van der Waals surface area contributed by atoms with Crippen molar-refractivity contribution in [2.24, 2.45) is 11.8 Å². The lowest BCUT2D eigenvalue weighted by atomic mass is 9.66. The van der Waals surface area contributed by atoms with Crippen LogP contribution in [0.5, 0.6) is 0 Å². The Morgan fingerprint density at radius 2 is 2.27 bits per heavy atom. The minimum absolute atomic E-state index is 0.321. The van der Waals surface area contributed by atoms with Crippen LogP contribution in [0.1, 0.15) is 19.3 Å². The highest BCUT2D eigenvalue weighted by molar-refractivity contribution is 5.16. The molecule has 3 aliphatic rings. The van der Waals surface area contributed by atoms with Gasteiger partial charge in [-0.2, -0.15) is 0 Å². The van der Waals surface area contributed by atoms with Crippen LogP contribution in [-0.4, -0.2) is 25.4 Å². The Labute approximate surface area is 66.9 Å². The maximum atomic E-state index is 5.50. The fourth-order valence-corrected chi connectivity index (χ4v) is 3.13. The molecule has 11 heavy (non-hydrogen) atoms. The van der Waals surface area contributed by atoms with Gasteiger partial charge in [-0.25, -0.2) is 0 Å². The predicted octanol–water partition coefficient (Wildman–Crippen LogP) is 1.20. The third-order valence-corrected chi connectivity index (χ3v) is 3.76. The Kier molecular flexibility index (Phi) is 1.06. The molecule has 2 nitrogen and oxygen atoms in total. The van der Waals surface area contributed by atoms with E-state index in [1.165, 1.54) is 19.3 Å². The number of methoxy groups -OCH3 is 1. The average Bonchev–Trinajstić information content (AvgIpc) is 2.72. The summed E-state index contributed by atoms with van der Waals surface area (Å²) < 4.78 is 10.9. The minimum atomic E-state index is 0.321. The molecular weight excluding hydrogens is 140 g/mol. The third kappa shape index (κ3) is 0.651. The van der Waals surface area contributed by atoms with Gasteiger partial charge >= 0.3 is 0 Å². The van der Waals surface area contributed by atoms with E-state index in [1.54, 1.807) is 0 Å². The van der Waals surface area contributed by atoms with E-state index in [2.05, 4.69) is 0 Å². The first kappa shape index (κ1) is 6.44. The van der Waals surface area contributed by atoms with Gasteiger partial charge in [0.1, 0.15) is 0 Å². The topological polar surface area (TPSA) is 21.8 Å². The summed E-state index contributed by atoms with van der Waals surface area (Å²) in [5.41, 5.74) is 0.321. The van der Waals surface area contributed by atoms with Crippen molar-refractivity contribution in [3.8, 4) is 0 Å². The van der Waals surface area contributed by atoms with Crippen molar-refractivity contribution < 1.29 is 9.47 Å². The largest absolute Gasteiger partial charge is 0.381 e. The van der Waals surface area contributed by atoms with Crippen LogP contribution in [0, 0.1) is 11.8 Å². The summed E-state index contributed by atoms with van der Waals surface area (Å²) in [7, 11) is 1.83. The standard InChI is InChI=1S/C9H14O2/c1-10-7-3-2-6-4-9(5-11-9)8(6)7/h6-8H,2-5H2,1H3. The lowest BCUT2D eigenvalue weighted by Gasteiger charge is -2.40. The van der Waals surface area contributed by atoms with Gasteiger partial charge in [0.15, 0.2) is 0 Å². The van der Waals surface area contributed by atoms with Gasteiger partial charge in [0, 0.05) is 13.0 Å². The van der Waals surface area contributed by atoms with Gasteiger partial charge in [-0.1, -0.05) is 0 Å².